The van der Waals surface area contributed by atoms with E-state index in [0.29, 0.717) is 17.7 Å². The molecule has 0 aliphatic carbocycles. The third-order valence-electron chi connectivity index (χ3n) is 2.97. The van der Waals surface area contributed by atoms with E-state index in [-0.39, 0.29) is 5.84 Å². The van der Waals surface area contributed by atoms with Crippen molar-refractivity contribution < 1.29 is 9.60 Å². The molecule has 5 heteroatoms. The molecule has 0 unspecified atom stereocenters. The summed E-state index contributed by atoms with van der Waals surface area (Å²) in [6.45, 7) is 0.302. The first-order valence-electron chi connectivity index (χ1n) is 6.21. The van der Waals surface area contributed by atoms with Crippen LogP contribution in [0.25, 0.3) is 0 Å². The van der Waals surface area contributed by atoms with E-state index in [1.54, 1.807) is 12.1 Å². The van der Waals surface area contributed by atoms with Crippen molar-refractivity contribution >= 4 is 11.5 Å². The maximum atomic E-state index is 13.9. The Balaban J connectivity index is 2.12. The Hall–Kier alpha value is -3.00. The van der Waals surface area contributed by atoms with Crippen LogP contribution in [-0.2, 0) is 6.54 Å². The molecule has 0 amide bonds. The number of terminal acetylenes is 1. The minimum absolute atomic E-state index is 0.130. The maximum absolute atomic E-state index is 13.9. The number of benzene rings is 2. The Morgan fingerprint density at radius 1 is 1.33 bits per heavy atom. The molecule has 2 aromatic rings. The second-order valence-electron chi connectivity index (χ2n) is 4.37. The number of rotatable bonds is 4. The molecule has 0 radical (unpaired) electrons. The molecule has 21 heavy (non-hydrogen) atoms. The predicted molar refractivity (Wildman–Crippen MR) is 80.6 cm³/mol. The van der Waals surface area contributed by atoms with E-state index in [0.717, 1.165) is 11.3 Å². The van der Waals surface area contributed by atoms with Gasteiger partial charge in [0.05, 0.1) is 0 Å². The zero-order valence-electron chi connectivity index (χ0n) is 11.2. The van der Waals surface area contributed by atoms with E-state index in [2.05, 4.69) is 16.4 Å². The van der Waals surface area contributed by atoms with Gasteiger partial charge in [0.2, 0.25) is 0 Å². The van der Waals surface area contributed by atoms with Crippen LogP contribution >= 0.6 is 0 Å². The van der Waals surface area contributed by atoms with Gasteiger partial charge >= 0.3 is 0 Å². The van der Waals surface area contributed by atoms with Crippen molar-refractivity contribution in [2.75, 3.05) is 5.32 Å². The van der Waals surface area contributed by atoms with E-state index in [9.17, 15) is 4.39 Å². The monoisotopic (exact) mass is 283 g/mol. The fraction of sp³-hybridized carbons (Fsp3) is 0.0625. The zero-order valence-corrected chi connectivity index (χ0v) is 11.2. The molecule has 4 N–H and O–H groups in total. The largest absolute Gasteiger partial charge is 0.409 e. The van der Waals surface area contributed by atoms with Crippen LogP contribution in [0, 0.1) is 18.2 Å². The summed E-state index contributed by atoms with van der Waals surface area (Å²) in [4.78, 5) is 0. The van der Waals surface area contributed by atoms with E-state index in [4.69, 9.17) is 17.4 Å². The van der Waals surface area contributed by atoms with Crippen LogP contribution in [0.2, 0.25) is 0 Å². The summed E-state index contributed by atoms with van der Waals surface area (Å²) >= 11 is 0. The van der Waals surface area contributed by atoms with Gasteiger partial charge in [-0.15, -0.1) is 6.42 Å². The van der Waals surface area contributed by atoms with Gasteiger partial charge in [0.25, 0.3) is 0 Å². The van der Waals surface area contributed by atoms with Crippen LogP contribution in [0.4, 0.5) is 10.1 Å². The number of amidine groups is 1. The van der Waals surface area contributed by atoms with Crippen molar-refractivity contribution in [3.63, 3.8) is 0 Å². The van der Waals surface area contributed by atoms with Crippen LogP contribution in [0.3, 0.4) is 0 Å². The van der Waals surface area contributed by atoms with E-state index < -0.39 is 5.82 Å². The normalized spacial score (nSPS) is 11.0. The highest BCUT2D eigenvalue weighted by atomic mass is 19.1. The zero-order chi connectivity index (χ0) is 15.2. The van der Waals surface area contributed by atoms with Crippen molar-refractivity contribution in [2.24, 2.45) is 10.9 Å². The van der Waals surface area contributed by atoms with Gasteiger partial charge < -0.3 is 16.3 Å². The first kappa shape index (κ1) is 14.4. The molecule has 2 rings (SSSR count). The van der Waals surface area contributed by atoms with Crippen molar-refractivity contribution in [3.8, 4) is 12.3 Å². The van der Waals surface area contributed by atoms with Gasteiger partial charge in [-0.2, -0.15) is 0 Å². The highest BCUT2D eigenvalue weighted by Crippen LogP contribution is 2.15. The maximum Gasteiger partial charge on any atom is 0.170 e. The topological polar surface area (TPSA) is 70.6 Å². The molecule has 0 heterocycles. The highest BCUT2D eigenvalue weighted by Gasteiger charge is 2.06. The van der Waals surface area contributed by atoms with Crippen molar-refractivity contribution in [1.29, 1.82) is 0 Å². The molecule has 106 valence electrons. The molecule has 0 aliphatic rings. The van der Waals surface area contributed by atoms with Crippen molar-refractivity contribution in [3.05, 3.63) is 65.0 Å². The fourth-order valence-electron chi connectivity index (χ4n) is 1.82. The van der Waals surface area contributed by atoms with Gasteiger partial charge in [-0.1, -0.05) is 29.3 Å². The Morgan fingerprint density at radius 3 is 2.81 bits per heavy atom. The first-order chi connectivity index (χ1) is 10.1. The first-order valence-corrected chi connectivity index (χ1v) is 6.21. The molecule has 0 saturated heterocycles. The number of anilines is 1. The molecule has 0 atom stereocenters. The summed E-state index contributed by atoms with van der Waals surface area (Å²) in [5.41, 5.74) is 7.77. The molecule has 0 aromatic heterocycles. The standard InChI is InChI=1S/C16H14FN3O/c1-2-11-4-3-5-14(8-11)19-10-13-7-6-12(9-15(13)17)16(18)20-21/h1,3-9,19,21H,10H2,(H2,18,20). The van der Waals surface area contributed by atoms with Crippen LogP contribution in [0.15, 0.2) is 47.6 Å². The minimum Gasteiger partial charge on any atom is -0.409 e. The number of hydrogen-bond donors (Lipinski definition) is 3. The van der Waals surface area contributed by atoms with Gasteiger partial charge in [0.15, 0.2) is 5.84 Å². The van der Waals surface area contributed by atoms with Gasteiger partial charge in [-0.25, -0.2) is 4.39 Å². The smallest absolute Gasteiger partial charge is 0.170 e. The summed E-state index contributed by atoms with van der Waals surface area (Å²) < 4.78 is 13.9. The lowest BCUT2D eigenvalue weighted by molar-refractivity contribution is 0.318. The average molecular weight is 283 g/mol. The van der Waals surface area contributed by atoms with Gasteiger partial charge in [0.1, 0.15) is 5.82 Å². The van der Waals surface area contributed by atoms with Gasteiger partial charge in [-0.3, -0.25) is 0 Å². The molecule has 0 spiro atoms. The summed E-state index contributed by atoms with van der Waals surface area (Å²) in [7, 11) is 0. The molecular weight excluding hydrogens is 269 g/mol. The number of nitrogens with one attached hydrogen (secondary N) is 1. The quantitative estimate of drug-likeness (QED) is 0.265. The number of oxime groups is 1. The lowest BCUT2D eigenvalue weighted by atomic mass is 10.1. The predicted octanol–water partition coefficient (Wildman–Crippen LogP) is 2.51. The van der Waals surface area contributed by atoms with E-state index in [1.165, 1.54) is 6.07 Å². The number of hydrogen-bond acceptors (Lipinski definition) is 3. The van der Waals surface area contributed by atoms with Crippen LogP contribution in [0.1, 0.15) is 16.7 Å². The number of halogens is 1. The third-order valence-corrected chi connectivity index (χ3v) is 2.97. The second kappa shape index (κ2) is 6.44. The molecular formula is C16H14FN3O. The number of nitrogens with two attached hydrogens (primary N) is 1. The third kappa shape index (κ3) is 3.51. The average Bonchev–Trinajstić information content (AvgIpc) is 2.53. The van der Waals surface area contributed by atoms with E-state index in [1.807, 2.05) is 24.3 Å². The summed E-state index contributed by atoms with van der Waals surface area (Å²) in [6.07, 6.45) is 5.33. The van der Waals surface area contributed by atoms with Gasteiger partial charge in [-0.05, 0) is 24.3 Å². The lowest BCUT2D eigenvalue weighted by Gasteiger charge is -2.09. The molecule has 0 bridgehead atoms. The van der Waals surface area contributed by atoms with E-state index >= 15 is 0 Å². The molecule has 0 fully saturated rings. The Morgan fingerprint density at radius 2 is 2.14 bits per heavy atom. The summed E-state index contributed by atoms with van der Waals surface area (Å²) in [5.74, 6) is 1.98. The second-order valence-corrected chi connectivity index (χ2v) is 4.37. The van der Waals surface area contributed by atoms with Crippen molar-refractivity contribution in [2.45, 2.75) is 6.54 Å². The molecule has 4 nitrogen and oxygen atoms in total. The van der Waals surface area contributed by atoms with Gasteiger partial charge in [0, 0.05) is 28.9 Å². The Labute approximate surface area is 122 Å². The summed E-state index contributed by atoms with van der Waals surface area (Å²) in [6, 6.07) is 11.7. The molecule has 2 aromatic carbocycles. The fourth-order valence-corrected chi connectivity index (χ4v) is 1.82. The minimum atomic E-state index is -0.431. The molecule has 0 saturated carbocycles. The highest BCUT2D eigenvalue weighted by molar-refractivity contribution is 5.97. The number of nitrogens with zero attached hydrogens (tertiary/aromatic N) is 1. The SMILES string of the molecule is C#Cc1cccc(NCc2ccc(C(N)=NO)cc2F)c1. The van der Waals surface area contributed by atoms with Crippen molar-refractivity contribution in [1.82, 2.24) is 0 Å². The lowest BCUT2D eigenvalue weighted by Crippen LogP contribution is -2.14. The Kier molecular flexibility index (Phi) is 4.42. The van der Waals surface area contributed by atoms with Crippen LogP contribution < -0.4 is 11.1 Å². The van der Waals surface area contributed by atoms with Crippen LogP contribution in [-0.4, -0.2) is 11.0 Å². The summed E-state index contributed by atoms with van der Waals surface area (Å²) in [5, 5.41) is 14.5. The Bertz CT molecular complexity index is 720. The van der Waals surface area contributed by atoms with Crippen LogP contribution in [0.5, 0.6) is 0 Å². The molecule has 0 aliphatic heterocycles.